The van der Waals surface area contributed by atoms with Crippen LogP contribution in [0.2, 0.25) is 5.02 Å². The third kappa shape index (κ3) is 8.65. The molecule has 1 amide bonds. The highest BCUT2D eigenvalue weighted by Crippen LogP contribution is 2.25. The quantitative estimate of drug-likeness (QED) is 0.212. The molecule has 4 aromatic carbocycles. The van der Waals surface area contributed by atoms with Crippen molar-refractivity contribution in [3.05, 3.63) is 119 Å². The van der Waals surface area contributed by atoms with Crippen LogP contribution in [0, 0.1) is 11.6 Å². The highest BCUT2D eigenvalue weighted by atomic mass is 35.5. The molecule has 2 N–H and O–H groups in total. The van der Waals surface area contributed by atoms with Gasteiger partial charge in [-0.05, 0) is 73.2 Å². The van der Waals surface area contributed by atoms with Crippen molar-refractivity contribution in [3.8, 4) is 11.5 Å². The zero-order chi connectivity index (χ0) is 29.2. The van der Waals surface area contributed by atoms with Crippen LogP contribution in [0.15, 0.2) is 108 Å². The van der Waals surface area contributed by atoms with Crippen LogP contribution in [-0.4, -0.2) is 33.4 Å². The second-order valence-electron chi connectivity index (χ2n) is 9.05. The zero-order valence-corrected chi connectivity index (χ0v) is 23.9. The van der Waals surface area contributed by atoms with Crippen molar-refractivity contribution in [1.82, 2.24) is 4.72 Å². The van der Waals surface area contributed by atoms with Crippen LogP contribution < -0.4 is 14.8 Å². The third-order valence-electron chi connectivity index (χ3n) is 6.10. The van der Waals surface area contributed by atoms with Gasteiger partial charge in [0, 0.05) is 36.7 Å². The number of nitrogens with one attached hydrogen (secondary N) is 2. The first-order chi connectivity index (χ1) is 19.7. The summed E-state index contributed by atoms with van der Waals surface area (Å²) in [6.07, 6.45) is 0.00275. The molecule has 10 heteroatoms. The molecule has 0 heterocycles. The van der Waals surface area contributed by atoms with Crippen LogP contribution in [0.25, 0.3) is 0 Å². The number of rotatable bonds is 12. The number of benzene rings is 4. The van der Waals surface area contributed by atoms with Gasteiger partial charge in [0.25, 0.3) is 0 Å². The minimum absolute atomic E-state index is 0.00275. The average Bonchev–Trinajstić information content (AvgIpc) is 2.97. The predicted octanol–water partition coefficient (Wildman–Crippen LogP) is 5.44. The summed E-state index contributed by atoms with van der Waals surface area (Å²) in [5.74, 6) is -0.0875. The molecule has 212 valence electrons. The molecule has 4 rings (SSSR count). The highest BCUT2D eigenvalue weighted by Gasteiger charge is 2.22. The molecule has 0 saturated carbocycles. The lowest BCUT2D eigenvalue weighted by Crippen LogP contribution is -2.30. The Balaban J connectivity index is 1.42. The topological polar surface area (TPSA) is 111 Å². The number of hydrogen-bond acceptors (Lipinski definition) is 6. The van der Waals surface area contributed by atoms with E-state index in [1.165, 1.54) is 12.1 Å². The number of carbonyl (C=O) groups excluding carboxylic acids is 2. The largest absolute Gasteiger partial charge is 0.462 e. The molecule has 0 aromatic heterocycles. The maximum Gasteiger partial charge on any atom is 0.338 e. The second kappa shape index (κ2) is 13.9. The summed E-state index contributed by atoms with van der Waals surface area (Å²) < 4.78 is 39.5. The van der Waals surface area contributed by atoms with Crippen molar-refractivity contribution in [2.75, 3.05) is 18.5 Å². The minimum Gasteiger partial charge on any atom is -0.462 e. The summed E-state index contributed by atoms with van der Waals surface area (Å²) >= 11 is 5.18. The lowest BCUT2D eigenvalue weighted by Gasteiger charge is -2.18. The Hall–Kier alpha value is -4.18. The van der Waals surface area contributed by atoms with E-state index in [2.05, 4.69) is 10.0 Å². The van der Waals surface area contributed by atoms with Crippen LogP contribution >= 0.6 is 0 Å². The molecule has 0 spiro atoms. The molecule has 0 saturated heterocycles. The second-order valence-corrected chi connectivity index (χ2v) is 11.3. The van der Waals surface area contributed by atoms with Crippen molar-refractivity contribution in [2.45, 2.75) is 24.2 Å². The van der Waals surface area contributed by atoms with Crippen LogP contribution in [0.4, 0.5) is 5.69 Å². The van der Waals surface area contributed by atoms with Crippen LogP contribution in [-0.2, 0) is 19.6 Å². The molecule has 1 unspecified atom stereocenters. The summed E-state index contributed by atoms with van der Waals surface area (Å²) in [6.45, 7) is 1.97. The summed E-state index contributed by atoms with van der Waals surface area (Å²) in [5, 5.41) is 3.44. The van der Waals surface area contributed by atoms with E-state index in [0.29, 0.717) is 27.8 Å². The van der Waals surface area contributed by atoms with E-state index in [1.807, 2.05) is 18.2 Å². The average molecular weight is 594 g/mol. The molecule has 0 aliphatic heterocycles. The molecular weight excluding hydrogens is 564 g/mol. The Morgan fingerprint density at radius 3 is 2.10 bits per heavy atom. The van der Waals surface area contributed by atoms with Gasteiger partial charge in [0.15, 0.2) is 11.6 Å². The molecule has 1 atom stereocenters. The molecule has 8 nitrogen and oxygen atoms in total. The Morgan fingerprint density at radius 1 is 0.829 bits per heavy atom. The van der Waals surface area contributed by atoms with Gasteiger partial charge < -0.3 is 14.8 Å². The SMILES string of the molecule is CCOC(=O)c1ccc(NC(=O)CC(CNS(=O)(=O)c2ccc(Oc3ccccc3)cc2)c2ccc([ClH+])cc2)cc1. The first-order valence-corrected chi connectivity index (χ1v) is 14.8. The Labute approximate surface area is 244 Å². The van der Waals surface area contributed by atoms with Gasteiger partial charge in [-0.1, -0.05) is 30.3 Å². The van der Waals surface area contributed by atoms with E-state index >= 15 is 0 Å². The van der Waals surface area contributed by atoms with Crippen molar-refractivity contribution in [1.29, 1.82) is 0 Å². The molecule has 0 fully saturated rings. The summed E-state index contributed by atoms with van der Waals surface area (Å²) in [5.41, 5.74) is 1.64. The van der Waals surface area contributed by atoms with E-state index in [9.17, 15) is 18.0 Å². The van der Waals surface area contributed by atoms with Gasteiger partial charge in [-0.2, -0.15) is 0 Å². The number of para-hydroxylation sites is 1. The predicted molar refractivity (Wildman–Crippen MR) is 154 cm³/mol. The number of amides is 1. The number of hydrogen-bond donors (Lipinski definition) is 2. The maximum atomic E-state index is 13.1. The standard InChI is InChI=1S/C31H29ClN2O6S/c1-2-39-31(36)23-10-14-26(15-11-23)34-30(35)20-24(22-8-12-25(32)13-9-22)21-33-41(37,38)29-18-16-28(17-19-29)40-27-6-4-3-5-7-27/h3-19,24,32-33H,2,20-21H2,1H3/p+1. The fraction of sp³-hybridized carbons (Fsp3) is 0.161. The van der Waals surface area contributed by atoms with E-state index in [0.717, 1.165) is 5.56 Å². The monoisotopic (exact) mass is 593 g/mol. The van der Waals surface area contributed by atoms with Crippen molar-refractivity contribution in [3.63, 3.8) is 0 Å². The number of halogens is 1. The fourth-order valence-electron chi connectivity index (χ4n) is 3.99. The first-order valence-electron chi connectivity index (χ1n) is 12.9. The van der Waals surface area contributed by atoms with E-state index in [4.69, 9.17) is 21.1 Å². The number of sulfonamides is 1. The lowest BCUT2D eigenvalue weighted by atomic mass is 9.95. The zero-order valence-electron chi connectivity index (χ0n) is 22.3. The molecule has 4 aromatic rings. The van der Waals surface area contributed by atoms with E-state index < -0.39 is 21.9 Å². The summed E-state index contributed by atoms with van der Waals surface area (Å²) in [4.78, 5) is 24.9. The number of ether oxygens (including phenoxy) is 2. The normalized spacial score (nSPS) is 11.9. The van der Waals surface area contributed by atoms with Gasteiger partial charge in [0.1, 0.15) is 11.5 Å². The Morgan fingerprint density at radius 2 is 1.46 bits per heavy atom. The van der Waals surface area contributed by atoms with Crippen molar-refractivity contribution < 1.29 is 39.1 Å². The summed E-state index contributed by atoms with van der Waals surface area (Å²) in [7, 11) is -3.88. The Kier molecular flexibility index (Phi) is 10.1. The van der Waals surface area contributed by atoms with Gasteiger partial charge >= 0.3 is 5.97 Å². The van der Waals surface area contributed by atoms with Crippen LogP contribution in [0.3, 0.4) is 0 Å². The number of anilines is 1. The molecule has 0 bridgehead atoms. The van der Waals surface area contributed by atoms with Crippen LogP contribution in [0.5, 0.6) is 11.5 Å². The minimum atomic E-state index is -3.88. The smallest absolute Gasteiger partial charge is 0.338 e. The van der Waals surface area contributed by atoms with E-state index in [1.54, 1.807) is 79.7 Å². The van der Waals surface area contributed by atoms with E-state index in [-0.39, 0.29) is 30.4 Å². The van der Waals surface area contributed by atoms with Crippen molar-refractivity contribution >= 4 is 27.6 Å². The van der Waals surface area contributed by atoms with Gasteiger partial charge in [-0.25, -0.2) is 17.9 Å². The van der Waals surface area contributed by atoms with Gasteiger partial charge in [0.2, 0.25) is 21.0 Å². The third-order valence-corrected chi connectivity index (χ3v) is 7.81. The van der Waals surface area contributed by atoms with Crippen LogP contribution in [0.1, 0.15) is 35.2 Å². The molecule has 0 radical (unpaired) electrons. The van der Waals surface area contributed by atoms with Crippen molar-refractivity contribution in [2.24, 2.45) is 0 Å². The van der Waals surface area contributed by atoms with Gasteiger partial charge in [-0.15, -0.1) is 0 Å². The summed E-state index contributed by atoms with van der Waals surface area (Å²) in [6, 6.07) is 28.7. The highest BCUT2D eigenvalue weighted by molar-refractivity contribution is 7.89. The molecule has 0 aliphatic rings. The maximum absolute atomic E-state index is 13.1. The van der Waals surface area contributed by atoms with Gasteiger partial charge in [0.05, 0.1) is 17.1 Å². The molecule has 0 aliphatic carbocycles. The fourth-order valence-corrected chi connectivity index (χ4v) is 5.21. The lowest BCUT2D eigenvalue weighted by molar-refractivity contribution is -0.288. The molecular formula is C31H30ClN2O6S+. The first kappa shape index (κ1) is 29.8. The Bertz CT molecular complexity index is 1560. The number of carbonyl (C=O) groups is 2. The number of esters is 1. The molecule has 41 heavy (non-hydrogen) atoms. The van der Waals surface area contributed by atoms with Gasteiger partial charge in [-0.3, -0.25) is 4.79 Å².